The summed E-state index contributed by atoms with van der Waals surface area (Å²) in [5, 5.41) is 0. The summed E-state index contributed by atoms with van der Waals surface area (Å²) in [6, 6.07) is 4.92. The molecule has 5 atom stereocenters. The van der Waals surface area contributed by atoms with E-state index in [-0.39, 0.29) is 46.7 Å². The Balaban J connectivity index is 1.57. The van der Waals surface area contributed by atoms with Gasteiger partial charge in [-0.15, -0.1) is 0 Å². The van der Waals surface area contributed by atoms with Crippen molar-refractivity contribution < 1.29 is 66.7 Å². The van der Waals surface area contributed by atoms with Crippen molar-refractivity contribution in [2.24, 2.45) is 10.8 Å². The summed E-state index contributed by atoms with van der Waals surface area (Å²) in [7, 11) is 1.40. The molecule has 5 rings (SSSR count). The monoisotopic (exact) mass is 726 g/mol. The summed E-state index contributed by atoms with van der Waals surface area (Å²) in [4.78, 5) is 76.0. The molecule has 52 heavy (non-hydrogen) atoms. The van der Waals surface area contributed by atoms with Gasteiger partial charge in [0.15, 0.2) is 35.3 Å². The Kier molecular flexibility index (Phi) is 10.9. The topological polar surface area (TPSA) is 176 Å². The number of hydrogen-bond donors (Lipinski definition) is 0. The Morgan fingerprint density at radius 2 is 1.23 bits per heavy atom. The molecule has 4 aliphatic rings. The molecule has 14 nitrogen and oxygen atoms in total. The summed E-state index contributed by atoms with van der Waals surface area (Å²) in [5.41, 5.74) is 0.830. The van der Waals surface area contributed by atoms with Crippen LogP contribution in [0, 0.1) is 10.8 Å². The second kappa shape index (κ2) is 14.7. The molecule has 1 fully saturated rings. The van der Waals surface area contributed by atoms with Gasteiger partial charge in [0.2, 0.25) is 12.4 Å². The number of esters is 4. The van der Waals surface area contributed by atoms with Gasteiger partial charge in [-0.1, -0.05) is 33.8 Å². The molecule has 0 amide bonds. The lowest BCUT2D eigenvalue weighted by atomic mass is 9.65. The Morgan fingerprint density at radius 1 is 0.712 bits per heavy atom. The van der Waals surface area contributed by atoms with E-state index in [9.17, 15) is 28.8 Å². The van der Waals surface area contributed by atoms with Crippen molar-refractivity contribution in [1.82, 2.24) is 0 Å². The van der Waals surface area contributed by atoms with Crippen LogP contribution in [-0.4, -0.2) is 79.9 Å². The van der Waals surface area contributed by atoms with Crippen LogP contribution in [0.5, 0.6) is 11.5 Å². The molecule has 0 saturated carbocycles. The molecule has 282 valence electrons. The second-order valence-electron chi connectivity index (χ2n) is 15.2. The van der Waals surface area contributed by atoms with Crippen LogP contribution in [0.25, 0.3) is 0 Å². The number of benzene rings is 1. The van der Waals surface area contributed by atoms with Gasteiger partial charge in [-0.05, 0) is 28.5 Å². The number of hydrogen-bond acceptors (Lipinski definition) is 14. The van der Waals surface area contributed by atoms with Crippen molar-refractivity contribution in [3.8, 4) is 11.5 Å². The number of methoxy groups -OCH3 is 1. The summed E-state index contributed by atoms with van der Waals surface area (Å²) in [6.07, 6.45) is -5.36. The normalized spacial score (nSPS) is 26.7. The molecular weight excluding hydrogens is 680 g/mol. The molecule has 1 aromatic rings. The Hall–Kier alpha value is -4.72. The van der Waals surface area contributed by atoms with E-state index < -0.39 is 67.1 Å². The summed E-state index contributed by atoms with van der Waals surface area (Å²) >= 11 is 0. The molecule has 0 radical (unpaired) electrons. The minimum atomic E-state index is -1.50. The highest BCUT2D eigenvalue weighted by atomic mass is 16.7. The van der Waals surface area contributed by atoms with E-state index in [2.05, 4.69) is 0 Å². The average molecular weight is 727 g/mol. The maximum absolute atomic E-state index is 13.8. The van der Waals surface area contributed by atoms with Crippen molar-refractivity contribution in [3.05, 3.63) is 46.4 Å². The third-order valence-corrected chi connectivity index (χ3v) is 9.29. The lowest BCUT2D eigenvalue weighted by Gasteiger charge is -2.44. The second-order valence-corrected chi connectivity index (χ2v) is 15.2. The number of carbonyl (C=O) groups is 6. The molecule has 0 spiro atoms. The largest absolute Gasteiger partial charge is 0.493 e. The summed E-state index contributed by atoms with van der Waals surface area (Å²) in [5.74, 6) is -2.50. The molecule has 3 unspecified atom stereocenters. The Bertz CT molecular complexity index is 1680. The zero-order valence-corrected chi connectivity index (χ0v) is 30.9. The quantitative estimate of drug-likeness (QED) is 0.256. The maximum atomic E-state index is 13.8. The zero-order chi connectivity index (χ0) is 38.3. The third-order valence-electron chi connectivity index (χ3n) is 9.29. The smallest absolute Gasteiger partial charge is 0.303 e. The van der Waals surface area contributed by atoms with Gasteiger partial charge < -0.3 is 37.9 Å². The third kappa shape index (κ3) is 8.32. The average Bonchev–Trinajstić information content (AvgIpc) is 3.00. The van der Waals surface area contributed by atoms with Gasteiger partial charge in [0.25, 0.3) is 0 Å². The fraction of sp³-hybridized carbons (Fsp3) is 0.579. The van der Waals surface area contributed by atoms with Gasteiger partial charge in [-0.3, -0.25) is 28.8 Å². The van der Waals surface area contributed by atoms with E-state index in [1.54, 1.807) is 18.2 Å². The van der Waals surface area contributed by atoms with Gasteiger partial charge in [-0.2, -0.15) is 0 Å². The molecule has 2 aliphatic carbocycles. The Labute approximate surface area is 302 Å². The highest BCUT2D eigenvalue weighted by Crippen LogP contribution is 2.54. The van der Waals surface area contributed by atoms with Gasteiger partial charge in [0.1, 0.15) is 24.2 Å². The molecular formula is C38H46O14. The van der Waals surface area contributed by atoms with Crippen molar-refractivity contribution in [1.29, 1.82) is 0 Å². The Morgan fingerprint density at radius 3 is 1.73 bits per heavy atom. The van der Waals surface area contributed by atoms with Crippen LogP contribution in [0.3, 0.4) is 0 Å². The van der Waals surface area contributed by atoms with Crippen LogP contribution < -0.4 is 9.47 Å². The van der Waals surface area contributed by atoms with Gasteiger partial charge in [0.05, 0.1) is 7.11 Å². The van der Waals surface area contributed by atoms with Crippen LogP contribution in [0.1, 0.15) is 92.6 Å². The van der Waals surface area contributed by atoms with E-state index in [1.165, 1.54) is 14.0 Å². The first-order valence-electron chi connectivity index (χ1n) is 17.1. The van der Waals surface area contributed by atoms with Crippen molar-refractivity contribution in [2.75, 3.05) is 13.7 Å². The molecule has 1 saturated heterocycles. The van der Waals surface area contributed by atoms with Crippen LogP contribution in [0.4, 0.5) is 0 Å². The minimum absolute atomic E-state index is 0.0924. The first kappa shape index (κ1) is 38.5. The van der Waals surface area contributed by atoms with Crippen molar-refractivity contribution >= 4 is 35.4 Å². The first-order chi connectivity index (χ1) is 24.3. The van der Waals surface area contributed by atoms with Gasteiger partial charge in [0, 0.05) is 70.4 Å². The van der Waals surface area contributed by atoms with E-state index in [0.29, 0.717) is 41.1 Å². The molecule has 14 heteroatoms. The SMILES string of the molecule is COc1cc(C2C3=C(CC(C)(C)CC3=O)OC3=C2C(=O)CC(C)(C)C3)ccc1O[C@@H]1OC(COC(C)=O)[C@H](OC(C)=O)C(OC(C)=O)C1OC(C)=O. The lowest BCUT2D eigenvalue weighted by Crippen LogP contribution is -2.63. The van der Waals surface area contributed by atoms with E-state index >= 15 is 0 Å². The molecule has 1 aromatic carbocycles. The van der Waals surface area contributed by atoms with Crippen LogP contribution in [0.2, 0.25) is 0 Å². The van der Waals surface area contributed by atoms with Crippen LogP contribution in [0.15, 0.2) is 40.9 Å². The summed E-state index contributed by atoms with van der Waals surface area (Å²) in [6.45, 7) is 12.2. The number of allylic oxidation sites excluding steroid dienone is 4. The maximum Gasteiger partial charge on any atom is 0.303 e. The van der Waals surface area contributed by atoms with E-state index in [1.807, 2.05) is 27.7 Å². The van der Waals surface area contributed by atoms with E-state index in [4.69, 9.17) is 37.9 Å². The zero-order valence-electron chi connectivity index (χ0n) is 30.9. The first-order valence-corrected chi connectivity index (χ1v) is 17.1. The number of carbonyl (C=O) groups excluding carboxylic acids is 6. The molecule has 0 N–H and O–H groups in total. The van der Waals surface area contributed by atoms with Crippen LogP contribution >= 0.6 is 0 Å². The van der Waals surface area contributed by atoms with Gasteiger partial charge in [-0.25, -0.2) is 0 Å². The number of Topliss-reactive ketones (excluding diaryl/α,β-unsaturated/α-hetero) is 2. The van der Waals surface area contributed by atoms with E-state index in [0.717, 1.165) is 20.8 Å². The molecule has 2 aliphatic heterocycles. The predicted molar refractivity (Wildman–Crippen MR) is 179 cm³/mol. The van der Waals surface area contributed by atoms with Crippen molar-refractivity contribution in [2.45, 2.75) is 118 Å². The number of ether oxygens (including phenoxy) is 8. The number of ketones is 2. The lowest BCUT2D eigenvalue weighted by molar-refractivity contribution is -0.288. The fourth-order valence-corrected chi connectivity index (χ4v) is 7.38. The fourth-order valence-electron chi connectivity index (χ4n) is 7.38. The molecule has 0 aromatic heterocycles. The molecule has 2 heterocycles. The standard InChI is InChI=1S/C38H46O14/c1-18(39)46-17-29-33(47-19(2)40)34(48-20(3)41)35(49-21(4)42)36(52-29)51-25-11-10-22(12-26(25)45-9)30-31-23(43)13-37(5,6)15-27(31)50-28-16-38(7,8)14-24(44)32(28)30/h10-12,29-30,33-36H,13-17H2,1-9H3/t29?,33-,34?,35?,36+/m0/s1. The van der Waals surface area contributed by atoms with Crippen molar-refractivity contribution in [3.63, 3.8) is 0 Å². The summed E-state index contributed by atoms with van der Waals surface area (Å²) < 4.78 is 46.2. The predicted octanol–water partition coefficient (Wildman–Crippen LogP) is 4.56. The highest BCUT2D eigenvalue weighted by molar-refractivity contribution is 6.06. The van der Waals surface area contributed by atoms with Gasteiger partial charge >= 0.3 is 23.9 Å². The molecule has 0 bridgehead atoms. The highest BCUT2D eigenvalue weighted by Gasteiger charge is 2.54. The van der Waals surface area contributed by atoms with Crippen LogP contribution in [-0.2, 0) is 57.2 Å². The number of rotatable bonds is 9. The minimum Gasteiger partial charge on any atom is -0.493 e.